The maximum absolute atomic E-state index is 10.6. The SMILES string of the molecule is CCCCCCCc1cccc(O)c1Cc1c(O)cccc1CCCCCCC. The topological polar surface area (TPSA) is 40.5 Å². The number of phenols is 2. The Morgan fingerprint density at radius 3 is 1.38 bits per heavy atom. The van der Waals surface area contributed by atoms with Crippen LogP contribution in [0.1, 0.15) is 100 Å². The summed E-state index contributed by atoms with van der Waals surface area (Å²) in [5, 5.41) is 21.1. The number of aromatic hydroxyl groups is 2. The highest BCUT2D eigenvalue weighted by Gasteiger charge is 2.14. The van der Waals surface area contributed by atoms with Crippen molar-refractivity contribution in [1.82, 2.24) is 0 Å². The second kappa shape index (κ2) is 13.3. The summed E-state index contributed by atoms with van der Waals surface area (Å²) in [7, 11) is 0. The molecule has 2 aromatic rings. The molecule has 2 heteroatoms. The van der Waals surface area contributed by atoms with E-state index in [0.717, 1.165) is 36.8 Å². The van der Waals surface area contributed by atoms with Crippen LogP contribution >= 0.6 is 0 Å². The van der Waals surface area contributed by atoms with Crippen molar-refractivity contribution in [2.45, 2.75) is 97.3 Å². The summed E-state index contributed by atoms with van der Waals surface area (Å²) in [4.78, 5) is 0. The molecule has 0 bridgehead atoms. The van der Waals surface area contributed by atoms with E-state index in [1.54, 1.807) is 12.1 Å². The molecule has 0 saturated heterocycles. The number of phenolic OH excluding ortho intramolecular Hbond substituents is 2. The van der Waals surface area contributed by atoms with Crippen LogP contribution in [0.4, 0.5) is 0 Å². The highest BCUT2D eigenvalue weighted by atomic mass is 16.3. The van der Waals surface area contributed by atoms with E-state index in [2.05, 4.69) is 26.0 Å². The lowest BCUT2D eigenvalue weighted by Crippen LogP contribution is -2.01. The fourth-order valence-corrected chi connectivity index (χ4v) is 4.13. The monoisotopic (exact) mass is 396 g/mol. The zero-order valence-electron chi connectivity index (χ0n) is 18.6. The zero-order chi connectivity index (χ0) is 20.9. The fourth-order valence-electron chi connectivity index (χ4n) is 4.13. The molecule has 2 N–H and O–H groups in total. The highest BCUT2D eigenvalue weighted by molar-refractivity contribution is 5.48. The minimum atomic E-state index is 0.355. The minimum Gasteiger partial charge on any atom is -0.508 e. The third kappa shape index (κ3) is 7.76. The largest absolute Gasteiger partial charge is 0.508 e. The first-order valence-corrected chi connectivity index (χ1v) is 11.8. The summed E-state index contributed by atoms with van der Waals surface area (Å²) in [5.74, 6) is 0.710. The van der Waals surface area contributed by atoms with Crippen LogP contribution in [0.2, 0.25) is 0 Å². The van der Waals surface area contributed by atoms with E-state index < -0.39 is 0 Å². The van der Waals surface area contributed by atoms with Gasteiger partial charge in [-0.3, -0.25) is 0 Å². The second-order valence-corrected chi connectivity index (χ2v) is 8.33. The predicted molar refractivity (Wildman–Crippen MR) is 124 cm³/mol. The summed E-state index contributed by atoms with van der Waals surface area (Å²) < 4.78 is 0. The number of rotatable bonds is 14. The summed E-state index contributed by atoms with van der Waals surface area (Å²) in [5.41, 5.74) is 4.41. The van der Waals surface area contributed by atoms with Crippen LogP contribution in [-0.4, -0.2) is 10.2 Å². The third-order valence-electron chi connectivity index (χ3n) is 5.95. The average Bonchev–Trinajstić information content (AvgIpc) is 2.71. The molecule has 29 heavy (non-hydrogen) atoms. The first-order chi connectivity index (χ1) is 14.2. The molecule has 2 aromatic carbocycles. The first-order valence-electron chi connectivity index (χ1n) is 11.8. The van der Waals surface area contributed by atoms with Crippen molar-refractivity contribution in [3.05, 3.63) is 58.7 Å². The number of hydrogen-bond donors (Lipinski definition) is 2. The van der Waals surface area contributed by atoms with Crippen LogP contribution < -0.4 is 0 Å². The smallest absolute Gasteiger partial charge is 0.119 e. The van der Waals surface area contributed by atoms with Gasteiger partial charge in [-0.1, -0.05) is 89.5 Å². The number of unbranched alkanes of at least 4 members (excludes halogenated alkanes) is 8. The van der Waals surface area contributed by atoms with E-state index in [1.165, 1.54) is 62.5 Å². The van der Waals surface area contributed by atoms with Crippen molar-refractivity contribution in [1.29, 1.82) is 0 Å². The van der Waals surface area contributed by atoms with E-state index in [9.17, 15) is 10.2 Å². The molecule has 0 aromatic heterocycles. The second-order valence-electron chi connectivity index (χ2n) is 8.33. The van der Waals surface area contributed by atoms with E-state index in [-0.39, 0.29) is 0 Å². The summed E-state index contributed by atoms with van der Waals surface area (Å²) >= 11 is 0. The van der Waals surface area contributed by atoms with Gasteiger partial charge >= 0.3 is 0 Å². The Balaban J connectivity index is 2.10. The van der Waals surface area contributed by atoms with Crippen molar-refractivity contribution in [2.75, 3.05) is 0 Å². The maximum atomic E-state index is 10.6. The summed E-state index contributed by atoms with van der Waals surface area (Å²) in [6, 6.07) is 11.7. The molecule has 0 radical (unpaired) electrons. The molecule has 0 amide bonds. The van der Waals surface area contributed by atoms with Gasteiger partial charge in [0, 0.05) is 17.5 Å². The van der Waals surface area contributed by atoms with E-state index in [1.807, 2.05) is 12.1 Å². The van der Waals surface area contributed by atoms with Crippen LogP contribution in [0.25, 0.3) is 0 Å². The zero-order valence-corrected chi connectivity index (χ0v) is 18.6. The van der Waals surface area contributed by atoms with Crippen LogP contribution in [0.3, 0.4) is 0 Å². The molecule has 0 heterocycles. The normalized spacial score (nSPS) is 11.1. The van der Waals surface area contributed by atoms with Gasteiger partial charge < -0.3 is 10.2 Å². The van der Waals surface area contributed by atoms with E-state index in [4.69, 9.17) is 0 Å². The molecule has 0 unspecified atom stereocenters. The van der Waals surface area contributed by atoms with Crippen LogP contribution in [0.5, 0.6) is 11.5 Å². The molecule has 0 fully saturated rings. The lowest BCUT2D eigenvalue weighted by molar-refractivity contribution is 0.461. The summed E-state index contributed by atoms with van der Waals surface area (Å²) in [6.45, 7) is 4.47. The third-order valence-corrected chi connectivity index (χ3v) is 5.95. The molecular weight excluding hydrogens is 356 g/mol. The molecule has 0 atom stereocenters. The molecule has 0 saturated carbocycles. The van der Waals surface area contributed by atoms with Gasteiger partial charge in [-0.2, -0.15) is 0 Å². The first kappa shape index (κ1) is 23.3. The lowest BCUT2D eigenvalue weighted by atomic mass is 9.91. The van der Waals surface area contributed by atoms with Gasteiger partial charge in [0.25, 0.3) is 0 Å². The van der Waals surface area contributed by atoms with Gasteiger partial charge in [0.1, 0.15) is 11.5 Å². The molecular formula is C27H40O2. The Bertz CT molecular complexity index is 659. The van der Waals surface area contributed by atoms with Gasteiger partial charge in [-0.15, -0.1) is 0 Å². The fraction of sp³-hybridized carbons (Fsp3) is 0.556. The average molecular weight is 397 g/mol. The van der Waals surface area contributed by atoms with Crippen LogP contribution in [0, 0.1) is 0 Å². The lowest BCUT2D eigenvalue weighted by Gasteiger charge is -2.16. The molecule has 2 nitrogen and oxygen atoms in total. The molecule has 2 rings (SSSR count). The van der Waals surface area contributed by atoms with Gasteiger partial charge in [-0.25, -0.2) is 0 Å². The maximum Gasteiger partial charge on any atom is 0.119 e. The van der Waals surface area contributed by atoms with Crippen molar-refractivity contribution in [2.24, 2.45) is 0 Å². The molecule has 0 aliphatic carbocycles. The van der Waals surface area contributed by atoms with Crippen molar-refractivity contribution in [3.8, 4) is 11.5 Å². The predicted octanol–water partition coefficient (Wildman–Crippen LogP) is 7.71. The Hall–Kier alpha value is -1.96. The Labute approximate surface area is 178 Å². The van der Waals surface area contributed by atoms with Crippen molar-refractivity contribution < 1.29 is 10.2 Å². The highest BCUT2D eigenvalue weighted by Crippen LogP contribution is 2.31. The van der Waals surface area contributed by atoms with Gasteiger partial charge in [0.15, 0.2) is 0 Å². The van der Waals surface area contributed by atoms with Crippen LogP contribution in [-0.2, 0) is 19.3 Å². The van der Waals surface area contributed by atoms with E-state index >= 15 is 0 Å². The van der Waals surface area contributed by atoms with Gasteiger partial charge in [0.2, 0.25) is 0 Å². The Morgan fingerprint density at radius 1 is 0.552 bits per heavy atom. The number of benzene rings is 2. The molecule has 0 spiro atoms. The number of aryl methyl sites for hydroxylation is 2. The minimum absolute atomic E-state index is 0.355. The molecule has 0 aliphatic rings. The van der Waals surface area contributed by atoms with E-state index in [0.29, 0.717) is 17.9 Å². The van der Waals surface area contributed by atoms with Gasteiger partial charge in [-0.05, 0) is 48.9 Å². The molecule has 0 aliphatic heterocycles. The molecule has 160 valence electrons. The van der Waals surface area contributed by atoms with Crippen LogP contribution in [0.15, 0.2) is 36.4 Å². The Morgan fingerprint density at radius 2 is 0.966 bits per heavy atom. The Kier molecular flexibility index (Phi) is 10.7. The quantitative estimate of drug-likeness (QED) is 0.321. The van der Waals surface area contributed by atoms with Crippen molar-refractivity contribution in [3.63, 3.8) is 0 Å². The number of hydrogen-bond acceptors (Lipinski definition) is 2. The standard InChI is InChI=1S/C27H40O2/c1-3-5-7-9-11-15-22-17-13-19-26(28)24(22)21-25-23(18-14-20-27(25)29)16-12-10-8-6-4-2/h13-14,17-20,28-29H,3-12,15-16,21H2,1-2H3. The summed E-state index contributed by atoms with van der Waals surface area (Å²) in [6.07, 6.45) is 15.1. The van der Waals surface area contributed by atoms with Crippen molar-refractivity contribution >= 4 is 0 Å². The van der Waals surface area contributed by atoms with Gasteiger partial charge in [0.05, 0.1) is 0 Å².